The van der Waals surface area contributed by atoms with Gasteiger partial charge >= 0.3 is 0 Å². The van der Waals surface area contributed by atoms with E-state index in [0.29, 0.717) is 17.5 Å². The second-order valence-electron chi connectivity index (χ2n) is 6.72. The molecule has 2 aromatic rings. The molecule has 4 nitrogen and oxygen atoms in total. The van der Waals surface area contributed by atoms with Gasteiger partial charge in [0.15, 0.2) is 0 Å². The second-order valence-corrected chi connectivity index (χ2v) is 7.63. The van der Waals surface area contributed by atoms with Crippen LogP contribution in [0.4, 0.5) is 0 Å². The summed E-state index contributed by atoms with van der Waals surface area (Å²) in [6.45, 7) is 4.25. The standard InChI is InChI=1S/C18H15BrN2O2/c1-18(2)8-14(15-13(18)7-10(19)9-20-15)21-16(22)11-5-3-4-6-12(11)17(21)23/h3-7,9,14H,8H2,1-2H3. The molecule has 0 fully saturated rings. The van der Waals surface area contributed by atoms with Crippen LogP contribution in [0.25, 0.3) is 0 Å². The fraction of sp³-hybridized carbons (Fsp3) is 0.278. The normalized spacial score (nSPS) is 21.5. The van der Waals surface area contributed by atoms with Gasteiger partial charge < -0.3 is 0 Å². The summed E-state index contributed by atoms with van der Waals surface area (Å²) in [6.07, 6.45) is 2.42. The Morgan fingerprint density at radius 1 is 1.17 bits per heavy atom. The lowest BCUT2D eigenvalue weighted by molar-refractivity contribution is 0.0569. The summed E-state index contributed by atoms with van der Waals surface area (Å²) in [4.78, 5) is 31.4. The third-order valence-corrected chi connectivity index (χ3v) is 5.20. The zero-order valence-electron chi connectivity index (χ0n) is 12.8. The summed E-state index contributed by atoms with van der Waals surface area (Å²) in [6, 6.07) is 8.74. The minimum absolute atomic E-state index is 0.133. The van der Waals surface area contributed by atoms with Gasteiger partial charge in [0.05, 0.1) is 22.9 Å². The molecule has 0 bridgehead atoms. The summed E-state index contributed by atoms with van der Waals surface area (Å²) in [5.74, 6) is -0.437. The molecule has 2 heterocycles. The predicted molar refractivity (Wildman–Crippen MR) is 89.3 cm³/mol. The van der Waals surface area contributed by atoms with E-state index < -0.39 is 0 Å². The van der Waals surface area contributed by atoms with Crippen LogP contribution in [-0.2, 0) is 5.41 Å². The molecular weight excluding hydrogens is 356 g/mol. The lowest BCUT2D eigenvalue weighted by Crippen LogP contribution is -2.34. The Hall–Kier alpha value is -2.01. The molecule has 1 aliphatic carbocycles. The summed E-state index contributed by atoms with van der Waals surface area (Å²) >= 11 is 3.46. The number of hydrogen-bond donors (Lipinski definition) is 0. The smallest absolute Gasteiger partial charge is 0.262 e. The number of pyridine rings is 1. The van der Waals surface area contributed by atoms with Crippen molar-refractivity contribution in [3.8, 4) is 0 Å². The minimum atomic E-state index is -0.305. The first-order valence-corrected chi connectivity index (χ1v) is 8.32. The Morgan fingerprint density at radius 2 is 1.78 bits per heavy atom. The molecule has 2 amide bonds. The van der Waals surface area contributed by atoms with Gasteiger partial charge in [-0.15, -0.1) is 0 Å². The van der Waals surface area contributed by atoms with Gasteiger partial charge in [-0.05, 0) is 51.5 Å². The van der Waals surface area contributed by atoms with E-state index in [1.807, 2.05) is 6.07 Å². The highest BCUT2D eigenvalue weighted by atomic mass is 79.9. The van der Waals surface area contributed by atoms with Crippen molar-refractivity contribution in [2.24, 2.45) is 0 Å². The molecule has 0 spiro atoms. The maximum Gasteiger partial charge on any atom is 0.262 e. The van der Waals surface area contributed by atoms with Crippen LogP contribution < -0.4 is 0 Å². The highest BCUT2D eigenvalue weighted by Gasteiger charge is 2.48. The highest BCUT2D eigenvalue weighted by molar-refractivity contribution is 9.10. The molecule has 116 valence electrons. The Labute approximate surface area is 142 Å². The molecule has 0 saturated heterocycles. The second kappa shape index (κ2) is 4.74. The molecule has 5 heteroatoms. The Balaban J connectivity index is 1.83. The van der Waals surface area contributed by atoms with Gasteiger partial charge in [0.1, 0.15) is 0 Å². The number of aromatic nitrogens is 1. The number of amides is 2. The quantitative estimate of drug-likeness (QED) is 0.716. The van der Waals surface area contributed by atoms with Crippen molar-refractivity contribution >= 4 is 27.7 Å². The fourth-order valence-electron chi connectivity index (χ4n) is 3.65. The molecule has 23 heavy (non-hydrogen) atoms. The summed E-state index contributed by atoms with van der Waals surface area (Å²) in [5.41, 5.74) is 2.76. The van der Waals surface area contributed by atoms with Crippen molar-refractivity contribution < 1.29 is 9.59 Å². The van der Waals surface area contributed by atoms with Gasteiger partial charge in [0, 0.05) is 10.7 Å². The summed E-state index contributed by atoms with van der Waals surface area (Å²) < 4.78 is 0.910. The molecule has 1 atom stereocenters. The SMILES string of the molecule is CC1(C)CC(N2C(=O)c3ccccc3C2=O)c2ncc(Br)cc21. The van der Waals surface area contributed by atoms with E-state index in [9.17, 15) is 9.59 Å². The number of benzene rings is 1. The van der Waals surface area contributed by atoms with Crippen LogP contribution in [0.1, 0.15) is 58.3 Å². The molecule has 0 radical (unpaired) electrons. The molecule has 0 saturated carbocycles. The van der Waals surface area contributed by atoms with Gasteiger partial charge in [-0.3, -0.25) is 19.5 Å². The lowest BCUT2D eigenvalue weighted by atomic mass is 9.87. The maximum atomic E-state index is 12.7. The van der Waals surface area contributed by atoms with Crippen LogP contribution in [0.5, 0.6) is 0 Å². The van der Waals surface area contributed by atoms with Gasteiger partial charge in [-0.2, -0.15) is 0 Å². The minimum Gasteiger partial charge on any atom is -0.269 e. The third kappa shape index (κ3) is 1.99. The third-order valence-electron chi connectivity index (χ3n) is 4.77. The van der Waals surface area contributed by atoms with Crippen LogP contribution in [0.2, 0.25) is 0 Å². The van der Waals surface area contributed by atoms with Crippen molar-refractivity contribution in [1.82, 2.24) is 9.88 Å². The van der Waals surface area contributed by atoms with Crippen LogP contribution >= 0.6 is 15.9 Å². The molecule has 1 aliphatic heterocycles. The number of carbonyl (C=O) groups excluding carboxylic acids is 2. The van der Waals surface area contributed by atoms with Crippen LogP contribution in [0.15, 0.2) is 41.0 Å². The van der Waals surface area contributed by atoms with Gasteiger partial charge in [0.25, 0.3) is 11.8 Å². The van der Waals surface area contributed by atoms with E-state index in [-0.39, 0.29) is 23.3 Å². The first-order chi connectivity index (χ1) is 10.9. The molecule has 1 unspecified atom stereocenters. The largest absolute Gasteiger partial charge is 0.269 e. The molecule has 1 aromatic heterocycles. The number of carbonyl (C=O) groups is 2. The van der Waals surface area contributed by atoms with Crippen LogP contribution in [0, 0.1) is 0 Å². The van der Waals surface area contributed by atoms with Crippen molar-refractivity contribution in [1.29, 1.82) is 0 Å². The Bertz CT molecular complexity index is 825. The highest BCUT2D eigenvalue weighted by Crippen LogP contribution is 2.48. The van der Waals surface area contributed by atoms with Crippen molar-refractivity contribution in [3.05, 3.63) is 63.4 Å². The van der Waals surface area contributed by atoms with E-state index >= 15 is 0 Å². The van der Waals surface area contributed by atoms with Crippen LogP contribution in [-0.4, -0.2) is 21.7 Å². The number of hydrogen-bond acceptors (Lipinski definition) is 3. The summed E-state index contributed by atoms with van der Waals surface area (Å²) in [5, 5.41) is 0. The van der Waals surface area contributed by atoms with Gasteiger partial charge in [0.2, 0.25) is 0 Å². The van der Waals surface area contributed by atoms with E-state index in [0.717, 1.165) is 15.7 Å². The zero-order chi connectivity index (χ0) is 16.4. The number of nitrogens with zero attached hydrogens (tertiary/aromatic N) is 2. The number of halogens is 1. The predicted octanol–water partition coefficient (Wildman–Crippen LogP) is 3.86. The number of imide groups is 1. The zero-order valence-corrected chi connectivity index (χ0v) is 14.4. The fourth-order valence-corrected chi connectivity index (χ4v) is 3.98. The molecule has 2 aliphatic rings. The monoisotopic (exact) mass is 370 g/mol. The maximum absolute atomic E-state index is 12.7. The van der Waals surface area contributed by atoms with Gasteiger partial charge in [-0.1, -0.05) is 26.0 Å². The van der Waals surface area contributed by atoms with E-state index in [4.69, 9.17) is 0 Å². The molecule has 0 N–H and O–H groups in total. The average molecular weight is 371 g/mol. The summed E-state index contributed by atoms with van der Waals surface area (Å²) in [7, 11) is 0. The van der Waals surface area contributed by atoms with E-state index in [2.05, 4.69) is 34.8 Å². The van der Waals surface area contributed by atoms with Crippen molar-refractivity contribution in [2.75, 3.05) is 0 Å². The molecule has 4 rings (SSSR count). The average Bonchev–Trinajstić information content (AvgIpc) is 2.92. The number of fused-ring (bicyclic) bond motifs is 2. The Morgan fingerprint density at radius 3 is 2.39 bits per heavy atom. The topological polar surface area (TPSA) is 50.3 Å². The first-order valence-electron chi connectivity index (χ1n) is 7.53. The van der Waals surface area contributed by atoms with E-state index in [1.165, 1.54) is 4.90 Å². The van der Waals surface area contributed by atoms with Crippen molar-refractivity contribution in [2.45, 2.75) is 31.7 Å². The van der Waals surface area contributed by atoms with Crippen molar-refractivity contribution in [3.63, 3.8) is 0 Å². The van der Waals surface area contributed by atoms with Crippen LogP contribution in [0.3, 0.4) is 0 Å². The van der Waals surface area contributed by atoms with E-state index in [1.54, 1.807) is 30.5 Å². The molecular formula is C18H15BrN2O2. The lowest BCUT2D eigenvalue weighted by Gasteiger charge is -2.24. The number of rotatable bonds is 1. The van der Waals surface area contributed by atoms with Gasteiger partial charge in [-0.25, -0.2) is 0 Å². The molecule has 1 aromatic carbocycles. The first kappa shape index (κ1) is 14.6. The Kier molecular flexibility index (Phi) is 3.00.